The summed E-state index contributed by atoms with van der Waals surface area (Å²) in [4.78, 5) is 4.07. The molecule has 0 aromatic rings. The second kappa shape index (κ2) is 1.73. The van der Waals surface area contributed by atoms with E-state index in [1.54, 1.807) is 0 Å². The zero-order valence-electron chi connectivity index (χ0n) is 5.24. The predicted octanol–water partition coefficient (Wildman–Crippen LogP) is 2.05. The molecule has 2 heteroatoms. The number of nitrogens with zero attached hydrogens (tertiary/aromatic N) is 1. The van der Waals surface area contributed by atoms with Crippen LogP contribution in [0.4, 0.5) is 0 Å². The molecule has 1 rings (SSSR count). The van der Waals surface area contributed by atoms with Gasteiger partial charge in [-0.3, -0.25) is 4.99 Å². The van der Waals surface area contributed by atoms with E-state index in [1.807, 2.05) is 0 Å². The molecule has 0 saturated heterocycles. The molecule has 8 heavy (non-hydrogen) atoms. The number of rotatable bonds is 0. The standard InChI is InChI=1S/C6H10ClN/c1-6(2)3-5(7)8-4-6/h3-4H2,1-2H3. The van der Waals surface area contributed by atoms with Crippen molar-refractivity contribution in [1.29, 1.82) is 0 Å². The van der Waals surface area contributed by atoms with E-state index >= 15 is 0 Å². The van der Waals surface area contributed by atoms with Crippen molar-refractivity contribution in [1.82, 2.24) is 0 Å². The Morgan fingerprint density at radius 1 is 1.62 bits per heavy atom. The average molecular weight is 132 g/mol. The molecular formula is C6H10ClN. The molecule has 0 aromatic carbocycles. The highest BCUT2D eigenvalue weighted by atomic mass is 35.5. The summed E-state index contributed by atoms with van der Waals surface area (Å²) in [5, 5.41) is 0.787. The number of aliphatic imine (C=N–C) groups is 1. The van der Waals surface area contributed by atoms with E-state index in [0.29, 0.717) is 5.41 Å². The quantitative estimate of drug-likeness (QED) is 0.477. The summed E-state index contributed by atoms with van der Waals surface area (Å²) in [5.41, 5.74) is 0.330. The Hall–Kier alpha value is -0.0400. The minimum atomic E-state index is 0.330. The first-order valence-electron chi connectivity index (χ1n) is 2.79. The van der Waals surface area contributed by atoms with Gasteiger partial charge in [0.1, 0.15) is 5.17 Å². The van der Waals surface area contributed by atoms with E-state index in [2.05, 4.69) is 18.8 Å². The Kier molecular flexibility index (Phi) is 1.31. The summed E-state index contributed by atoms with van der Waals surface area (Å²) in [6, 6.07) is 0. The monoisotopic (exact) mass is 131 g/mol. The van der Waals surface area contributed by atoms with Gasteiger partial charge in [0.05, 0.1) is 0 Å². The van der Waals surface area contributed by atoms with Crippen LogP contribution in [0.5, 0.6) is 0 Å². The fourth-order valence-electron chi connectivity index (χ4n) is 0.806. The second-order valence-corrected chi connectivity index (χ2v) is 3.47. The zero-order chi connectivity index (χ0) is 6.20. The SMILES string of the molecule is CC1(C)CN=C(Cl)C1. The van der Waals surface area contributed by atoms with E-state index in [0.717, 1.165) is 18.1 Å². The van der Waals surface area contributed by atoms with Gasteiger partial charge in [-0.2, -0.15) is 0 Å². The third kappa shape index (κ3) is 1.22. The highest BCUT2D eigenvalue weighted by molar-refractivity contribution is 6.65. The van der Waals surface area contributed by atoms with Gasteiger partial charge in [-0.1, -0.05) is 25.4 Å². The lowest BCUT2D eigenvalue weighted by Gasteiger charge is -2.12. The van der Waals surface area contributed by atoms with Crippen LogP contribution >= 0.6 is 11.6 Å². The molecule has 1 aliphatic rings. The predicted molar refractivity (Wildman–Crippen MR) is 36.6 cm³/mol. The molecule has 0 unspecified atom stereocenters. The Morgan fingerprint density at radius 3 is 2.38 bits per heavy atom. The molecule has 1 nitrogen and oxygen atoms in total. The van der Waals surface area contributed by atoms with Crippen LogP contribution in [-0.4, -0.2) is 11.7 Å². The van der Waals surface area contributed by atoms with Gasteiger partial charge in [-0.15, -0.1) is 0 Å². The van der Waals surface area contributed by atoms with Gasteiger partial charge in [0, 0.05) is 13.0 Å². The minimum Gasteiger partial charge on any atom is -0.277 e. The van der Waals surface area contributed by atoms with E-state index in [-0.39, 0.29) is 0 Å². The van der Waals surface area contributed by atoms with E-state index < -0.39 is 0 Å². The molecule has 0 fully saturated rings. The summed E-state index contributed by atoms with van der Waals surface area (Å²) >= 11 is 5.65. The summed E-state index contributed by atoms with van der Waals surface area (Å²) in [5.74, 6) is 0. The molecular weight excluding hydrogens is 122 g/mol. The van der Waals surface area contributed by atoms with Crippen molar-refractivity contribution >= 4 is 16.8 Å². The van der Waals surface area contributed by atoms with E-state index in [1.165, 1.54) is 0 Å². The molecule has 1 heterocycles. The first kappa shape index (κ1) is 6.09. The first-order chi connectivity index (χ1) is 3.60. The molecule has 0 N–H and O–H groups in total. The largest absolute Gasteiger partial charge is 0.277 e. The molecule has 0 bridgehead atoms. The van der Waals surface area contributed by atoms with Gasteiger partial charge in [-0.25, -0.2) is 0 Å². The van der Waals surface area contributed by atoms with Crippen LogP contribution in [0.2, 0.25) is 0 Å². The van der Waals surface area contributed by atoms with Crippen LogP contribution in [0.1, 0.15) is 20.3 Å². The number of halogens is 1. The molecule has 1 aliphatic heterocycles. The van der Waals surface area contributed by atoms with Crippen molar-refractivity contribution in [3.63, 3.8) is 0 Å². The lowest BCUT2D eigenvalue weighted by molar-refractivity contribution is 0.424. The summed E-state index contributed by atoms with van der Waals surface area (Å²) in [6.07, 6.45) is 0.953. The minimum absolute atomic E-state index is 0.330. The fourth-order valence-corrected chi connectivity index (χ4v) is 1.23. The third-order valence-electron chi connectivity index (χ3n) is 1.30. The molecule has 46 valence electrons. The molecule has 0 atom stereocenters. The van der Waals surface area contributed by atoms with Crippen LogP contribution in [0, 0.1) is 5.41 Å². The molecule has 0 amide bonds. The Labute approximate surface area is 54.8 Å². The Balaban J connectivity index is 2.55. The van der Waals surface area contributed by atoms with Gasteiger partial charge < -0.3 is 0 Å². The topological polar surface area (TPSA) is 12.4 Å². The highest BCUT2D eigenvalue weighted by Crippen LogP contribution is 2.27. The van der Waals surface area contributed by atoms with Crippen LogP contribution in [0.3, 0.4) is 0 Å². The number of hydrogen-bond donors (Lipinski definition) is 0. The van der Waals surface area contributed by atoms with Gasteiger partial charge >= 0.3 is 0 Å². The normalized spacial score (nSPS) is 25.6. The maximum atomic E-state index is 5.65. The molecule has 0 aliphatic carbocycles. The lowest BCUT2D eigenvalue weighted by atomic mass is 9.93. The maximum Gasteiger partial charge on any atom is 0.101 e. The highest BCUT2D eigenvalue weighted by Gasteiger charge is 2.24. The fraction of sp³-hybridized carbons (Fsp3) is 0.833. The molecule has 0 spiro atoms. The third-order valence-corrected chi connectivity index (χ3v) is 1.56. The van der Waals surface area contributed by atoms with Crippen molar-refractivity contribution in [2.45, 2.75) is 20.3 Å². The lowest BCUT2D eigenvalue weighted by Crippen LogP contribution is -2.10. The van der Waals surface area contributed by atoms with Crippen molar-refractivity contribution in [3.8, 4) is 0 Å². The van der Waals surface area contributed by atoms with Gasteiger partial charge in [0.25, 0.3) is 0 Å². The van der Waals surface area contributed by atoms with Crippen LogP contribution < -0.4 is 0 Å². The number of hydrogen-bond acceptors (Lipinski definition) is 1. The Morgan fingerprint density at radius 2 is 2.25 bits per heavy atom. The van der Waals surface area contributed by atoms with Crippen LogP contribution in [0.15, 0.2) is 4.99 Å². The van der Waals surface area contributed by atoms with Gasteiger partial charge in [-0.05, 0) is 5.41 Å². The summed E-state index contributed by atoms with van der Waals surface area (Å²) in [7, 11) is 0. The molecule has 0 aromatic heterocycles. The van der Waals surface area contributed by atoms with E-state index in [9.17, 15) is 0 Å². The van der Waals surface area contributed by atoms with Crippen molar-refractivity contribution in [2.75, 3.05) is 6.54 Å². The summed E-state index contributed by atoms with van der Waals surface area (Å²) < 4.78 is 0. The van der Waals surface area contributed by atoms with Crippen molar-refractivity contribution < 1.29 is 0 Å². The van der Waals surface area contributed by atoms with Crippen LogP contribution in [-0.2, 0) is 0 Å². The maximum absolute atomic E-state index is 5.65. The van der Waals surface area contributed by atoms with Crippen molar-refractivity contribution in [3.05, 3.63) is 0 Å². The first-order valence-corrected chi connectivity index (χ1v) is 3.17. The van der Waals surface area contributed by atoms with Gasteiger partial charge in [0.2, 0.25) is 0 Å². The Bertz CT molecular complexity index is 126. The smallest absolute Gasteiger partial charge is 0.101 e. The van der Waals surface area contributed by atoms with E-state index in [4.69, 9.17) is 11.6 Å². The molecule has 0 saturated carbocycles. The summed E-state index contributed by atoms with van der Waals surface area (Å²) in [6.45, 7) is 5.24. The zero-order valence-corrected chi connectivity index (χ0v) is 6.00. The van der Waals surface area contributed by atoms with Gasteiger partial charge in [0.15, 0.2) is 0 Å². The van der Waals surface area contributed by atoms with Crippen LogP contribution in [0.25, 0.3) is 0 Å². The van der Waals surface area contributed by atoms with Crippen molar-refractivity contribution in [2.24, 2.45) is 10.4 Å². The molecule has 0 radical (unpaired) electrons. The second-order valence-electron chi connectivity index (χ2n) is 3.03. The average Bonchev–Trinajstić information content (AvgIpc) is 1.82.